The number of aliphatic hydroxyl groups excluding tert-OH is 1. The van der Waals surface area contributed by atoms with Gasteiger partial charge in [-0.05, 0) is 32.9 Å². The predicted molar refractivity (Wildman–Crippen MR) is 119 cm³/mol. The van der Waals surface area contributed by atoms with E-state index in [1.54, 1.807) is 0 Å². The highest BCUT2D eigenvalue weighted by Crippen LogP contribution is 2.34. The molecule has 0 aliphatic heterocycles. The molecule has 0 fully saturated rings. The lowest BCUT2D eigenvalue weighted by Crippen LogP contribution is -2.33. The molecule has 0 saturated heterocycles. The third-order valence-electron chi connectivity index (χ3n) is 4.56. The SMILES string of the molecule is COc1ncc(-c2cc(O[C@@H](C)C(F)(F)F)c(C(=O)N/C(C(=N)Cl)=C(\C)N)cc2F)nc1C(C)O. The Balaban J connectivity index is 2.68. The normalized spacial score (nSPS) is 14.0. The number of halogens is 5. The molecule has 2 atom stereocenters. The summed E-state index contributed by atoms with van der Waals surface area (Å²) in [5.74, 6) is -2.87. The van der Waals surface area contributed by atoms with Crippen molar-refractivity contribution in [2.75, 3.05) is 7.11 Å². The largest absolute Gasteiger partial charge is 0.480 e. The van der Waals surface area contributed by atoms with Gasteiger partial charge in [0.2, 0.25) is 5.88 Å². The van der Waals surface area contributed by atoms with Crippen LogP contribution in [0.1, 0.15) is 42.9 Å². The maximum absolute atomic E-state index is 15.1. The molecule has 2 rings (SSSR count). The molecule has 0 spiro atoms. The monoisotopic (exact) mass is 519 g/mol. The van der Waals surface area contributed by atoms with E-state index in [4.69, 9.17) is 32.2 Å². The number of alkyl halides is 3. The van der Waals surface area contributed by atoms with Gasteiger partial charge >= 0.3 is 6.18 Å². The standard InChI is InChI=1S/C21H22ClF4N5O4/c1-8(27)16(18(22)28)31-19(33)12-5-13(23)11(6-15(12)35-10(3)21(24,25)26)14-7-29-20(34-4)17(30-14)9(2)32/h5-7,9-10,28,32H,27H2,1-4H3,(H,31,33)/b16-8+,28-18?/t9?,10-/m0/s1. The summed E-state index contributed by atoms with van der Waals surface area (Å²) in [6.07, 6.45) is -7.27. The summed E-state index contributed by atoms with van der Waals surface area (Å²) in [6.45, 7) is 3.38. The molecule has 1 heterocycles. The van der Waals surface area contributed by atoms with E-state index in [0.29, 0.717) is 13.0 Å². The summed E-state index contributed by atoms with van der Waals surface area (Å²) in [4.78, 5) is 20.8. The fraction of sp³-hybridized carbons (Fsp3) is 0.333. The molecule has 1 unspecified atom stereocenters. The molecule has 1 aromatic carbocycles. The van der Waals surface area contributed by atoms with Crippen molar-refractivity contribution in [2.45, 2.75) is 39.2 Å². The summed E-state index contributed by atoms with van der Waals surface area (Å²) in [5, 5.41) is 18.9. The second kappa shape index (κ2) is 10.9. The topological polar surface area (TPSA) is 143 Å². The van der Waals surface area contributed by atoms with Crippen LogP contribution in [0.5, 0.6) is 11.6 Å². The fourth-order valence-electron chi connectivity index (χ4n) is 2.74. The Bertz CT molecular complexity index is 1170. The van der Waals surface area contributed by atoms with Gasteiger partial charge in [0.15, 0.2) is 6.10 Å². The Morgan fingerprint density at radius 1 is 1.31 bits per heavy atom. The molecule has 1 amide bonds. The number of nitrogens with two attached hydrogens (primary N) is 1. The van der Waals surface area contributed by atoms with Crippen molar-refractivity contribution >= 4 is 22.7 Å². The van der Waals surface area contributed by atoms with Crippen molar-refractivity contribution in [2.24, 2.45) is 5.73 Å². The molecule has 35 heavy (non-hydrogen) atoms. The lowest BCUT2D eigenvalue weighted by atomic mass is 10.1. The van der Waals surface area contributed by atoms with Crippen LogP contribution in [0, 0.1) is 11.2 Å². The Labute approximate surface area is 202 Å². The molecule has 14 heteroatoms. The number of hydrogen-bond donors (Lipinski definition) is 4. The Morgan fingerprint density at radius 2 is 1.94 bits per heavy atom. The van der Waals surface area contributed by atoms with E-state index in [-0.39, 0.29) is 34.2 Å². The highest BCUT2D eigenvalue weighted by molar-refractivity contribution is 6.68. The van der Waals surface area contributed by atoms with Crippen LogP contribution in [0.15, 0.2) is 29.7 Å². The maximum atomic E-state index is 15.1. The van der Waals surface area contributed by atoms with Crippen LogP contribution in [0.4, 0.5) is 17.6 Å². The predicted octanol–water partition coefficient (Wildman–Crippen LogP) is 3.81. The summed E-state index contributed by atoms with van der Waals surface area (Å²) in [5.41, 5.74) is 3.97. The number of aliphatic hydroxyl groups is 1. The Hall–Kier alpha value is -3.45. The lowest BCUT2D eigenvalue weighted by molar-refractivity contribution is -0.189. The van der Waals surface area contributed by atoms with Gasteiger partial charge in [-0.15, -0.1) is 0 Å². The summed E-state index contributed by atoms with van der Waals surface area (Å²) in [7, 11) is 1.28. The van der Waals surface area contributed by atoms with Crippen molar-refractivity contribution in [3.05, 3.63) is 46.8 Å². The van der Waals surface area contributed by atoms with E-state index in [2.05, 4.69) is 15.3 Å². The number of allylic oxidation sites excluding steroid dienone is 2. The fourth-order valence-corrected chi connectivity index (χ4v) is 2.94. The number of methoxy groups -OCH3 is 1. The molecule has 5 N–H and O–H groups in total. The molecule has 9 nitrogen and oxygen atoms in total. The number of rotatable bonds is 8. The van der Waals surface area contributed by atoms with E-state index in [1.165, 1.54) is 21.0 Å². The zero-order chi connectivity index (χ0) is 26.7. The maximum Gasteiger partial charge on any atom is 0.425 e. The van der Waals surface area contributed by atoms with Crippen LogP contribution < -0.4 is 20.5 Å². The van der Waals surface area contributed by atoms with Gasteiger partial charge in [0.25, 0.3) is 5.91 Å². The van der Waals surface area contributed by atoms with Crippen molar-refractivity contribution < 1.29 is 36.9 Å². The number of carbonyl (C=O) groups is 1. The van der Waals surface area contributed by atoms with Gasteiger partial charge in [0, 0.05) is 11.3 Å². The minimum Gasteiger partial charge on any atom is -0.480 e. The first kappa shape index (κ1) is 27.8. The van der Waals surface area contributed by atoms with Crippen LogP contribution >= 0.6 is 11.6 Å². The summed E-state index contributed by atoms with van der Waals surface area (Å²) >= 11 is 5.59. The first-order valence-corrected chi connectivity index (χ1v) is 10.2. The van der Waals surface area contributed by atoms with Crippen LogP contribution in [0.3, 0.4) is 0 Å². The van der Waals surface area contributed by atoms with Gasteiger partial charge in [-0.25, -0.2) is 14.4 Å². The van der Waals surface area contributed by atoms with Crippen LogP contribution in [-0.4, -0.2) is 45.5 Å². The third kappa shape index (κ3) is 6.57. The highest BCUT2D eigenvalue weighted by Gasteiger charge is 2.39. The molecule has 0 saturated carbocycles. The molecule has 2 aromatic rings. The van der Waals surface area contributed by atoms with Gasteiger partial charge in [0.1, 0.15) is 22.4 Å². The molecule has 0 bridgehead atoms. The Morgan fingerprint density at radius 3 is 2.43 bits per heavy atom. The lowest BCUT2D eigenvalue weighted by Gasteiger charge is -2.21. The van der Waals surface area contributed by atoms with E-state index in [9.17, 15) is 23.1 Å². The van der Waals surface area contributed by atoms with Gasteiger partial charge in [-0.2, -0.15) is 13.2 Å². The number of amides is 1. The molecular formula is C21H22ClF4N5O4. The van der Waals surface area contributed by atoms with Gasteiger partial charge in [-0.3, -0.25) is 10.2 Å². The summed E-state index contributed by atoms with van der Waals surface area (Å²) in [6, 6.07) is 1.48. The van der Waals surface area contributed by atoms with Gasteiger partial charge in [-0.1, -0.05) is 11.6 Å². The molecule has 0 aliphatic rings. The quantitative estimate of drug-likeness (QED) is 0.307. The number of carbonyl (C=O) groups excluding carboxylic acids is 1. The number of hydrogen-bond acceptors (Lipinski definition) is 8. The summed E-state index contributed by atoms with van der Waals surface area (Å²) < 4.78 is 64.6. The molecule has 0 aliphatic carbocycles. The minimum atomic E-state index is -4.81. The second-order valence-corrected chi connectivity index (χ2v) is 7.66. The van der Waals surface area contributed by atoms with Crippen LogP contribution in [-0.2, 0) is 0 Å². The number of benzene rings is 1. The third-order valence-corrected chi connectivity index (χ3v) is 4.75. The van der Waals surface area contributed by atoms with E-state index in [1.807, 2.05) is 0 Å². The van der Waals surface area contributed by atoms with Crippen molar-refractivity contribution in [1.82, 2.24) is 15.3 Å². The number of nitrogens with one attached hydrogen (secondary N) is 2. The van der Waals surface area contributed by atoms with Gasteiger partial charge in [0.05, 0.1) is 36.4 Å². The van der Waals surface area contributed by atoms with Crippen LogP contribution in [0.25, 0.3) is 11.3 Å². The number of ether oxygens (including phenoxy) is 2. The average Bonchev–Trinajstić information content (AvgIpc) is 2.76. The zero-order valence-corrected chi connectivity index (χ0v) is 19.7. The minimum absolute atomic E-state index is 0.0395. The van der Waals surface area contributed by atoms with E-state index < -0.39 is 46.6 Å². The molecular weight excluding hydrogens is 498 g/mol. The molecule has 1 aromatic heterocycles. The van der Waals surface area contributed by atoms with Gasteiger partial charge < -0.3 is 25.6 Å². The smallest absolute Gasteiger partial charge is 0.425 e. The Kier molecular flexibility index (Phi) is 8.63. The zero-order valence-electron chi connectivity index (χ0n) is 18.9. The van der Waals surface area contributed by atoms with E-state index in [0.717, 1.165) is 12.3 Å². The second-order valence-electron chi connectivity index (χ2n) is 7.28. The number of nitrogens with zero attached hydrogens (tertiary/aromatic N) is 2. The van der Waals surface area contributed by atoms with Crippen LogP contribution in [0.2, 0.25) is 0 Å². The average molecular weight is 520 g/mol. The van der Waals surface area contributed by atoms with Crippen molar-refractivity contribution in [3.8, 4) is 22.9 Å². The molecule has 0 radical (unpaired) electrons. The first-order valence-electron chi connectivity index (χ1n) is 9.85. The first-order chi connectivity index (χ1) is 16.2. The van der Waals surface area contributed by atoms with Crippen molar-refractivity contribution in [1.29, 1.82) is 5.41 Å². The van der Waals surface area contributed by atoms with E-state index >= 15 is 4.39 Å². The molecule has 190 valence electrons. The number of aromatic nitrogens is 2. The highest BCUT2D eigenvalue weighted by atomic mass is 35.5. The van der Waals surface area contributed by atoms with Crippen molar-refractivity contribution in [3.63, 3.8) is 0 Å².